The zero-order chi connectivity index (χ0) is 16.8. The van der Waals surface area contributed by atoms with Crippen LogP contribution >= 0.6 is 34.8 Å². The van der Waals surface area contributed by atoms with Crippen molar-refractivity contribution in [3.05, 3.63) is 62.6 Å². The van der Waals surface area contributed by atoms with E-state index in [0.29, 0.717) is 34.3 Å². The molecule has 0 amide bonds. The first-order valence-electron chi connectivity index (χ1n) is 7.58. The van der Waals surface area contributed by atoms with E-state index < -0.39 is 0 Å². The fourth-order valence-electron chi connectivity index (χ4n) is 2.05. The lowest BCUT2D eigenvalue weighted by Crippen LogP contribution is -2.24. The fraction of sp³-hybridized carbons (Fsp3) is 0.333. The van der Waals surface area contributed by atoms with Gasteiger partial charge in [-0.15, -0.1) is 0 Å². The van der Waals surface area contributed by atoms with E-state index in [1.54, 1.807) is 12.1 Å². The first-order valence-corrected chi connectivity index (χ1v) is 8.71. The maximum atomic E-state index is 6.18. The molecule has 2 aromatic rings. The summed E-state index contributed by atoms with van der Waals surface area (Å²) < 4.78 is 5.94. The topological polar surface area (TPSA) is 21.3 Å². The second-order valence-corrected chi connectivity index (χ2v) is 6.75. The van der Waals surface area contributed by atoms with Gasteiger partial charge >= 0.3 is 0 Å². The Labute approximate surface area is 152 Å². The van der Waals surface area contributed by atoms with E-state index in [-0.39, 0.29) is 0 Å². The first kappa shape index (κ1) is 18.4. The molecule has 1 atom stereocenters. The average Bonchev–Trinajstić information content (AvgIpc) is 2.53. The van der Waals surface area contributed by atoms with E-state index in [9.17, 15) is 0 Å². The van der Waals surface area contributed by atoms with Crippen LogP contribution in [0.15, 0.2) is 36.4 Å². The van der Waals surface area contributed by atoms with Crippen molar-refractivity contribution in [3.63, 3.8) is 0 Å². The van der Waals surface area contributed by atoms with E-state index in [4.69, 9.17) is 39.5 Å². The van der Waals surface area contributed by atoms with Gasteiger partial charge in [-0.05, 0) is 43.7 Å². The fourth-order valence-corrected chi connectivity index (χ4v) is 2.71. The third-order valence-electron chi connectivity index (χ3n) is 3.67. The summed E-state index contributed by atoms with van der Waals surface area (Å²) in [6.07, 6.45) is 1.07. The molecule has 2 aromatic carbocycles. The molecule has 0 saturated heterocycles. The SMILES string of the molecule is CC[C@@H](C)NCc1cc(Cl)ccc1OCc1ccc(Cl)cc1Cl. The van der Waals surface area contributed by atoms with E-state index in [2.05, 4.69) is 19.2 Å². The molecule has 0 heterocycles. The predicted octanol–water partition coefficient (Wildman–Crippen LogP) is 6.11. The Hall–Kier alpha value is -0.930. The maximum absolute atomic E-state index is 6.18. The van der Waals surface area contributed by atoms with Crippen molar-refractivity contribution in [2.45, 2.75) is 39.5 Å². The molecule has 0 bridgehead atoms. The van der Waals surface area contributed by atoms with Crippen molar-refractivity contribution < 1.29 is 4.74 Å². The highest BCUT2D eigenvalue weighted by Gasteiger charge is 2.08. The van der Waals surface area contributed by atoms with E-state index in [0.717, 1.165) is 23.3 Å². The largest absolute Gasteiger partial charge is 0.489 e. The Balaban J connectivity index is 2.09. The van der Waals surface area contributed by atoms with Crippen molar-refractivity contribution in [2.24, 2.45) is 0 Å². The summed E-state index contributed by atoms with van der Waals surface area (Å²) in [5.74, 6) is 0.802. The number of rotatable bonds is 7. The monoisotopic (exact) mass is 371 g/mol. The molecule has 0 aliphatic rings. The highest BCUT2D eigenvalue weighted by Crippen LogP contribution is 2.26. The highest BCUT2D eigenvalue weighted by atomic mass is 35.5. The van der Waals surface area contributed by atoms with Crippen LogP contribution in [0.25, 0.3) is 0 Å². The minimum absolute atomic E-state index is 0.383. The van der Waals surface area contributed by atoms with Gasteiger partial charge in [-0.25, -0.2) is 0 Å². The highest BCUT2D eigenvalue weighted by molar-refractivity contribution is 6.35. The van der Waals surface area contributed by atoms with Crippen molar-refractivity contribution in [3.8, 4) is 5.75 Å². The average molecular weight is 373 g/mol. The van der Waals surface area contributed by atoms with Crippen molar-refractivity contribution in [2.75, 3.05) is 0 Å². The molecule has 1 N–H and O–H groups in total. The van der Waals surface area contributed by atoms with Gasteiger partial charge in [0.25, 0.3) is 0 Å². The summed E-state index contributed by atoms with van der Waals surface area (Å²) in [6.45, 7) is 5.39. The molecule has 2 nitrogen and oxygen atoms in total. The Morgan fingerprint density at radius 3 is 2.39 bits per heavy atom. The van der Waals surface area contributed by atoms with Gasteiger partial charge in [0, 0.05) is 38.8 Å². The summed E-state index contributed by atoms with van der Waals surface area (Å²) >= 11 is 18.2. The minimum Gasteiger partial charge on any atom is -0.489 e. The molecular weight excluding hydrogens is 353 g/mol. The zero-order valence-electron chi connectivity index (χ0n) is 13.2. The molecule has 23 heavy (non-hydrogen) atoms. The van der Waals surface area contributed by atoms with Crippen LogP contribution in [-0.2, 0) is 13.2 Å². The molecule has 0 fully saturated rings. The van der Waals surface area contributed by atoms with Crippen LogP contribution in [0.5, 0.6) is 5.75 Å². The number of hydrogen-bond donors (Lipinski definition) is 1. The Morgan fingerprint density at radius 2 is 1.70 bits per heavy atom. The molecule has 0 spiro atoms. The van der Waals surface area contributed by atoms with Gasteiger partial charge in [-0.3, -0.25) is 0 Å². The van der Waals surface area contributed by atoms with Gasteiger partial charge in [-0.1, -0.05) is 47.8 Å². The number of hydrogen-bond acceptors (Lipinski definition) is 2. The van der Waals surface area contributed by atoms with Crippen LogP contribution < -0.4 is 10.1 Å². The Kier molecular flexibility index (Phi) is 7.04. The molecule has 0 aromatic heterocycles. The van der Waals surface area contributed by atoms with Crippen LogP contribution in [0, 0.1) is 0 Å². The third-order valence-corrected chi connectivity index (χ3v) is 4.50. The molecule has 0 saturated carbocycles. The Bertz CT molecular complexity index is 661. The summed E-state index contributed by atoms with van der Waals surface area (Å²) in [7, 11) is 0. The smallest absolute Gasteiger partial charge is 0.124 e. The van der Waals surface area contributed by atoms with Crippen molar-refractivity contribution >= 4 is 34.8 Å². The van der Waals surface area contributed by atoms with Crippen LogP contribution in [-0.4, -0.2) is 6.04 Å². The molecule has 0 radical (unpaired) electrons. The lowest BCUT2D eigenvalue weighted by Gasteiger charge is -2.16. The van der Waals surface area contributed by atoms with Crippen molar-refractivity contribution in [1.29, 1.82) is 0 Å². The molecule has 0 aliphatic heterocycles. The molecule has 0 unspecified atom stereocenters. The lowest BCUT2D eigenvalue weighted by molar-refractivity contribution is 0.301. The van der Waals surface area contributed by atoms with Crippen LogP contribution in [0.3, 0.4) is 0 Å². The van der Waals surface area contributed by atoms with Crippen molar-refractivity contribution in [1.82, 2.24) is 5.32 Å². The minimum atomic E-state index is 0.383. The van der Waals surface area contributed by atoms with Crippen LogP contribution in [0.4, 0.5) is 0 Å². The number of ether oxygens (including phenoxy) is 1. The van der Waals surface area contributed by atoms with Gasteiger partial charge in [0.1, 0.15) is 12.4 Å². The summed E-state index contributed by atoms with van der Waals surface area (Å²) in [5.41, 5.74) is 1.93. The predicted molar refractivity (Wildman–Crippen MR) is 98.8 cm³/mol. The molecule has 2 rings (SSSR count). The van der Waals surface area contributed by atoms with Gasteiger partial charge in [0.05, 0.1) is 0 Å². The number of benzene rings is 2. The third kappa shape index (κ3) is 5.58. The summed E-state index contributed by atoms with van der Waals surface area (Å²) in [4.78, 5) is 0. The first-order chi connectivity index (χ1) is 11.0. The van der Waals surface area contributed by atoms with Crippen LogP contribution in [0.2, 0.25) is 15.1 Å². The number of halogens is 3. The number of nitrogens with one attached hydrogen (secondary N) is 1. The zero-order valence-corrected chi connectivity index (χ0v) is 15.5. The van der Waals surface area contributed by atoms with Gasteiger partial charge in [-0.2, -0.15) is 0 Å². The Morgan fingerprint density at radius 1 is 1.00 bits per heavy atom. The quantitative estimate of drug-likeness (QED) is 0.632. The van der Waals surface area contributed by atoms with Crippen LogP contribution in [0.1, 0.15) is 31.4 Å². The van der Waals surface area contributed by atoms with Gasteiger partial charge in [0.2, 0.25) is 0 Å². The van der Waals surface area contributed by atoms with E-state index in [1.807, 2.05) is 24.3 Å². The molecule has 124 valence electrons. The maximum Gasteiger partial charge on any atom is 0.124 e. The normalized spacial score (nSPS) is 12.2. The standard InChI is InChI=1S/C18H20Cl3NO/c1-3-12(2)22-10-14-8-15(19)6-7-18(14)23-11-13-4-5-16(20)9-17(13)21/h4-9,12,22H,3,10-11H2,1-2H3/t12-/m1/s1. The molecule has 5 heteroatoms. The summed E-state index contributed by atoms with van der Waals surface area (Å²) in [6, 6.07) is 11.5. The van der Waals surface area contributed by atoms with Gasteiger partial charge in [0.15, 0.2) is 0 Å². The lowest BCUT2D eigenvalue weighted by atomic mass is 10.1. The molecular formula is C18H20Cl3NO. The van der Waals surface area contributed by atoms with E-state index in [1.165, 1.54) is 0 Å². The van der Waals surface area contributed by atoms with E-state index >= 15 is 0 Å². The second-order valence-electron chi connectivity index (χ2n) is 5.47. The summed E-state index contributed by atoms with van der Waals surface area (Å²) in [5, 5.41) is 5.37. The second kappa shape index (κ2) is 8.79. The molecule has 0 aliphatic carbocycles. The van der Waals surface area contributed by atoms with Gasteiger partial charge < -0.3 is 10.1 Å².